The fourth-order valence-corrected chi connectivity index (χ4v) is 3.91. The molecule has 2 unspecified atom stereocenters. The molecule has 0 aromatic heterocycles. The van der Waals surface area contributed by atoms with Gasteiger partial charge in [-0.2, -0.15) is 4.31 Å². The largest absolute Gasteiger partial charge is 0.389 e. The normalized spacial score (nSPS) is 21.9. The summed E-state index contributed by atoms with van der Waals surface area (Å²) in [5.74, 6) is 0. The molecule has 2 atom stereocenters. The van der Waals surface area contributed by atoms with Gasteiger partial charge in [-0.25, -0.2) is 8.42 Å². The molecule has 0 spiro atoms. The number of nitrogens with zero attached hydrogens (tertiary/aromatic N) is 2. The quantitative estimate of drug-likeness (QED) is 0.894. The van der Waals surface area contributed by atoms with Crippen LogP contribution in [0.4, 0.5) is 0 Å². The van der Waals surface area contributed by atoms with Crippen molar-refractivity contribution in [3.63, 3.8) is 0 Å². The predicted octanol–water partition coefficient (Wildman–Crippen LogP) is 1.45. The lowest BCUT2D eigenvalue weighted by atomic mass is 10.1. The van der Waals surface area contributed by atoms with E-state index >= 15 is 0 Å². The molecule has 0 radical (unpaired) electrons. The van der Waals surface area contributed by atoms with Crippen LogP contribution in [0.5, 0.6) is 0 Å². The number of likely N-dealkylation sites (N-methyl/N-ethyl adjacent to an activating group) is 2. The van der Waals surface area contributed by atoms with E-state index in [2.05, 4.69) is 4.90 Å². The molecule has 0 amide bonds. The van der Waals surface area contributed by atoms with Crippen molar-refractivity contribution < 1.29 is 13.5 Å². The first-order valence-electron chi connectivity index (χ1n) is 7.27. The standard InChI is InChI=1S/C15H24N2O3S/c1-12(18)13-6-8-15(9-7-13)21(19,20)17(3)11-14-5-4-10-16(14)2/h6-9,12,14,18H,4-5,10-11H2,1-3H3. The Labute approximate surface area is 127 Å². The van der Waals surface area contributed by atoms with Gasteiger partial charge in [0.2, 0.25) is 10.0 Å². The molecular weight excluding hydrogens is 288 g/mol. The number of hydrogen-bond donors (Lipinski definition) is 1. The first-order chi connectivity index (χ1) is 9.82. The number of hydrogen-bond acceptors (Lipinski definition) is 4. The summed E-state index contributed by atoms with van der Waals surface area (Å²) in [6.45, 7) is 3.20. The summed E-state index contributed by atoms with van der Waals surface area (Å²) in [5.41, 5.74) is 0.715. The Hall–Kier alpha value is -0.950. The van der Waals surface area contributed by atoms with Crippen molar-refractivity contribution >= 4 is 10.0 Å². The minimum atomic E-state index is -3.47. The highest BCUT2D eigenvalue weighted by atomic mass is 32.2. The molecule has 1 fully saturated rings. The molecule has 1 aromatic rings. The van der Waals surface area contributed by atoms with Crippen LogP contribution < -0.4 is 0 Å². The Bertz CT molecular complexity index is 569. The van der Waals surface area contributed by atoms with Crippen LogP contribution in [0.2, 0.25) is 0 Å². The Morgan fingerprint density at radius 3 is 2.48 bits per heavy atom. The van der Waals surface area contributed by atoms with Crippen molar-refractivity contribution in [3.8, 4) is 0 Å². The number of aliphatic hydroxyl groups excluding tert-OH is 1. The van der Waals surface area contributed by atoms with Gasteiger partial charge in [0, 0.05) is 19.6 Å². The maximum Gasteiger partial charge on any atom is 0.242 e. The fourth-order valence-electron chi connectivity index (χ4n) is 2.70. The van der Waals surface area contributed by atoms with E-state index in [0.717, 1.165) is 19.4 Å². The van der Waals surface area contributed by atoms with E-state index < -0.39 is 16.1 Å². The Kier molecular flexibility index (Phi) is 5.03. The minimum absolute atomic E-state index is 0.273. The van der Waals surface area contributed by atoms with Crippen molar-refractivity contribution in [2.45, 2.75) is 36.8 Å². The van der Waals surface area contributed by atoms with Crippen LogP contribution in [0.25, 0.3) is 0 Å². The number of rotatable bonds is 5. The topological polar surface area (TPSA) is 60.9 Å². The molecule has 1 aromatic carbocycles. The summed E-state index contributed by atoms with van der Waals surface area (Å²) in [6, 6.07) is 6.74. The molecule has 6 heteroatoms. The Morgan fingerprint density at radius 2 is 2.00 bits per heavy atom. The van der Waals surface area contributed by atoms with Crippen molar-refractivity contribution in [2.75, 3.05) is 27.2 Å². The first kappa shape index (κ1) is 16.4. The highest BCUT2D eigenvalue weighted by molar-refractivity contribution is 7.89. The lowest BCUT2D eigenvalue weighted by Gasteiger charge is -2.25. The molecule has 1 N–H and O–H groups in total. The van der Waals surface area contributed by atoms with Crippen LogP contribution in [0.15, 0.2) is 29.2 Å². The molecule has 0 saturated carbocycles. The van der Waals surface area contributed by atoms with Gasteiger partial charge in [-0.15, -0.1) is 0 Å². The summed E-state index contributed by atoms with van der Waals surface area (Å²) >= 11 is 0. The molecule has 0 bridgehead atoms. The summed E-state index contributed by atoms with van der Waals surface area (Å²) in [4.78, 5) is 2.48. The van der Waals surface area contributed by atoms with Crippen LogP contribution in [-0.4, -0.2) is 56.0 Å². The lowest BCUT2D eigenvalue weighted by molar-refractivity contribution is 0.199. The van der Waals surface area contributed by atoms with Gasteiger partial charge in [-0.3, -0.25) is 0 Å². The number of benzene rings is 1. The van der Waals surface area contributed by atoms with E-state index in [-0.39, 0.29) is 4.90 Å². The summed E-state index contributed by atoms with van der Waals surface area (Å²) in [5, 5.41) is 9.48. The SMILES string of the molecule is CC(O)c1ccc(S(=O)(=O)N(C)CC2CCCN2C)cc1. The third kappa shape index (κ3) is 3.63. The van der Waals surface area contributed by atoms with Gasteiger partial charge < -0.3 is 10.0 Å². The average Bonchev–Trinajstić information content (AvgIpc) is 2.84. The van der Waals surface area contributed by atoms with E-state index in [0.29, 0.717) is 18.2 Å². The third-order valence-electron chi connectivity index (χ3n) is 4.21. The molecule has 5 nitrogen and oxygen atoms in total. The van der Waals surface area contributed by atoms with E-state index in [1.807, 2.05) is 7.05 Å². The van der Waals surface area contributed by atoms with E-state index in [9.17, 15) is 13.5 Å². The molecule has 0 aliphatic carbocycles. The highest BCUT2D eigenvalue weighted by Gasteiger charge is 2.28. The lowest BCUT2D eigenvalue weighted by Crippen LogP contribution is -2.39. The Morgan fingerprint density at radius 1 is 1.38 bits per heavy atom. The van der Waals surface area contributed by atoms with E-state index in [1.165, 1.54) is 4.31 Å². The van der Waals surface area contributed by atoms with Crippen molar-refractivity contribution in [1.82, 2.24) is 9.21 Å². The summed E-state index contributed by atoms with van der Waals surface area (Å²) in [6.07, 6.45) is 1.57. The molecule has 1 aliphatic rings. The van der Waals surface area contributed by atoms with Gasteiger partial charge in [-0.1, -0.05) is 12.1 Å². The fraction of sp³-hybridized carbons (Fsp3) is 0.600. The van der Waals surface area contributed by atoms with E-state index in [1.54, 1.807) is 38.2 Å². The maximum absolute atomic E-state index is 12.6. The van der Waals surface area contributed by atoms with Crippen LogP contribution in [0.3, 0.4) is 0 Å². The first-order valence-corrected chi connectivity index (χ1v) is 8.71. The highest BCUT2D eigenvalue weighted by Crippen LogP contribution is 2.21. The smallest absolute Gasteiger partial charge is 0.242 e. The molecular formula is C15H24N2O3S. The predicted molar refractivity (Wildman–Crippen MR) is 82.5 cm³/mol. The van der Waals surface area contributed by atoms with Gasteiger partial charge in [0.1, 0.15) is 0 Å². The number of likely N-dealkylation sites (tertiary alicyclic amines) is 1. The minimum Gasteiger partial charge on any atom is -0.389 e. The second kappa shape index (κ2) is 6.44. The average molecular weight is 312 g/mol. The van der Waals surface area contributed by atoms with Crippen molar-refractivity contribution in [2.24, 2.45) is 0 Å². The van der Waals surface area contributed by atoms with Crippen molar-refractivity contribution in [3.05, 3.63) is 29.8 Å². The Balaban J connectivity index is 2.12. The van der Waals surface area contributed by atoms with Gasteiger partial charge >= 0.3 is 0 Å². The number of aliphatic hydroxyl groups is 1. The molecule has 118 valence electrons. The second-order valence-corrected chi connectivity index (χ2v) is 7.85. The second-order valence-electron chi connectivity index (χ2n) is 5.81. The molecule has 1 heterocycles. The molecule has 2 rings (SSSR count). The van der Waals surface area contributed by atoms with Crippen LogP contribution in [0, 0.1) is 0 Å². The van der Waals surface area contributed by atoms with Gasteiger partial charge in [0.05, 0.1) is 11.0 Å². The molecule has 1 saturated heterocycles. The van der Waals surface area contributed by atoms with Crippen LogP contribution in [0.1, 0.15) is 31.4 Å². The maximum atomic E-state index is 12.6. The monoisotopic (exact) mass is 312 g/mol. The molecule has 21 heavy (non-hydrogen) atoms. The zero-order valence-corrected chi connectivity index (χ0v) is 13.7. The molecule has 1 aliphatic heterocycles. The van der Waals surface area contributed by atoms with E-state index in [4.69, 9.17) is 0 Å². The van der Waals surface area contributed by atoms with Crippen LogP contribution in [-0.2, 0) is 10.0 Å². The van der Waals surface area contributed by atoms with Crippen molar-refractivity contribution in [1.29, 1.82) is 0 Å². The van der Waals surface area contributed by atoms with Gasteiger partial charge in [0.15, 0.2) is 0 Å². The van der Waals surface area contributed by atoms with Gasteiger partial charge in [-0.05, 0) is 51.1 Å². The zero-order chi connectivity index (χ0) is 15.6. The number of sulfonamides is 1. The summed E-state index contributed by atoms with van der Waals surface area (Å²) < 4.78 is 26.5. The van der Waals surface area contributed by atoms with Gasteiger partial charge in [0.25, 0.3) is 0 Å². The third-order valence-corrected chi connectivity index (χ3v) is 6.05. The summed E-state index contributed by atoms with van der Waals surface area (Å²) in [7, 11) is 0.199. The van der Waals surface area contributed by atoms with Crippen LogP contribution >= 0.6 is 0 Å². The zero-order valence-electron chi connectivity index (χ0n) is 12.9.